The van der Waals surface area contributed by atoms with Crippen LogP contribution in [0.15, 0.2) is 12.1 Å². The van der Waals surface area contributed by atoms with Gasteiger partial charge >= 0.3 is 0 Å². The number of piperidine rings is 1. The van der Waals surface area contributed by atoms with E-state index in [0.717, 1.165) is 24.8 Å². The lowest BCUT2D eigenvalue weighted by Gasteiger charge is -2.36. The van der Waals surface area contributed by atoms with Crippen LogP contribution in [0, 0.1) is 5.82 Å². The molecule has 2 aliphatic heterocycles. The number of aryl methyl sites for hydroxylation is 1. The number of amides is 2. The Hall–Kier alpha value is -1.95. The summed E-state index contributed by atoms with van der Waals surface area (Å²) >= 11 is 0. The number of carbonyl (C=O) groups excluding carboxylic acids is 2. The molecule has 2 amide bonds. The van der Waals surface area contributed by atoms with Crippen LogP contribution in [0.25, 0.3) is 0 Å². The van der Waals surface area contributed by atoms with Crippen molar-refractivity contribution in [2.24, 2.45) is 0 Å². The van der Waals surface area contributed by atoms with Gasteiger partial charge in [0.05, 0.1) is 5.56 Å². The minimum atomic E-state index is -0.607. The molecule has 1 fully saturated rings. The van der Waals surface area contributed by atoms with Gasteiger partial charge in [0.15, 0.2) is 0 Å². The molecular formula is C17H21FN2O3. The van der Waals surface area contributed by atoms with Crippen LogP contribution in [0.4, 0.5) is 10.1 Å². The molecule has 1 atom stereocenters. The van der Waals surface area contributed by atoms with E-state index in [1.807, 2.05) is 0 Å². The summed E-state index contributed by atoms with van der Waals surface area (Å²) in [6.45, 7) is 0.615. The second-order valence-electron chi connectivity index (χ2n) is 6.20. The van der Waals surface area contributed by atoms with Crippen LogP contribution in [-0.4, -0.2) is 41.0 Å². The first-order chi connectivity index (χ1) is 11.1. The van der Waals surface area contributed by atoms with Gasteiger partial charge in [-0.1, -0.05) is 0 Å². The molecule has 1 aromatic carbocycles. The summed E-state index contributed by atoms with van der Waals surface area (Å²) in [5.41, 5.74) is 1.32. The number of aliphatic hydroxyl groups is 1. The van der Waals surface area contributed by atoms with Gasteiger partial charge < -0.3 is 15.3 Å². The maximum atomic E-state index is 14.4. The number of hydrogen-bond donors (Lipinski definition) is 2. The van der Waals surface area contributed by atoms with E-state index in [2.05, 4.69) is 5.32 Å². The van der Waals surface area contributed by atoms with Crippen molar-refractivity contribution < 1.29 is 19.1 Å². The van der Waals surface area contributed by atoms with Crippen LogP contribution < -0.4 is 5.32 Å². The second-order valence-corrected chi connectivity index (χ2v) is 6.20. The van der Waals surface area contributed by atoms with Gasteiger partial charge in [-0.2, -0.15) is 0 Å². The number of anilines is 1. The number of rotatable bonds is 3. The fourth-order valence-corrected chi connectivity index (χ4v) is 3.44. The Morgan fingerprint density at radius 3 is 2.96 bits per heavy atom. The molecule has 0 radical (unpaired) electrons. The lowest BCUT2D eigenvalue weighted by molar-refractivity contribution is -0.116. The molecule has 0 spiro atoms. The highest BCUT2D eigenvalue weighted by molar-refractivity contribution is 5.98. The molecule has 1 saturated heterocycles. The third-order valence-corrected chi connectivity index (χ3v) is 4.67. The fraction of sp³-hybridized carbons (Fsp3) is 0.529. The third-order valence-electron chi connectivity index (χ3n) is 4.67. The molecule has 3 rings (SSSR count). The molecule has 124 valence electrons. The third kappa shape index (κ3) is 3.22. The van der Waals surface area contributed by atoms with Gasteiger partial charge in [0.25, 0.3) is 5.91 Å². The normalized spacial score (nSPS) is 20.9. The molecule has 6 heteroatoms. The maximum Gasteiger partial charge on any atom is 0.257 e. The standard InChI is InChI=1S/C17H21FN2O3/c18-14-10-15-11(4-5-16(22)19-15)9-13(14)17(23)20-7-2-1-3-12(20)6-8-21/h9-10,12,21H,1-8H2,(H,19,22). The van der Waals surface area contributed by atoms with E-state index >= 15 is 0 Å². The maximum absolute atomic E-state index is 14.4. The molecule has 1 unspecified atom stereocenters. The van der Waals surface area contributed by atoms with E-state index in [-0.39, 0.29) is 30.0 Å². The van der Waals surface area contributed by atoms with E-state index in [1.54, 1.807) is 11.0 Å². The van der Waals surface area contributed by atoms with Crippen LogP contribution in [0.3, 0.4) is 0 Å². The predicted octanol–water partition coefficient (Wildman–Crippen LogP) is 2.09. The van der Waals surface area contributed by atoms with E-state index in [1.165, 1.54) is 6.07 Å². The summed E-state index contributed by atoms with van der Waals surface area (Å²) in [5.74, 6) is -1.06. The van der Waals surface area contributed by atoms with Gasteiger partial charge in [0.2, 0.25) is 5.91 Å². The van der Waals surface area contributed by atoms with Crippen LogP contribution in [-0.2, 0) is 11.2 Å². The number of nitrogens with one attached hydrogen (secondary N) is 1. The number of benzene rings is 1. The van der Waals surface area contributed by atoms with Crippen molar-refractivity contribution in [3.05, 3.63) is 29.1 Å². The van der Waals surface area contributed by atoms with Crippen molar-refractivity contribution in [2.75, 3.05) is 18.5 Å². The van der Waals surface area contributed by atoms with Crippen LogP contribution in [0.5, 0.6) is 0 Å². The summed E-state index contributed by atoms with van der Waals surface area (Å²) < 4.78 is 14.4. The van der Waals surface area contributed by atoms with E-state index < -0.39 is 5.82 Å². The molecule has 2 aliphatic rings. The number of nitrogens with zero attached hydrogens (tertiary/aromatic N) is 1. The zero-order chi connectivity index (χ0) is 16.4. The molecule has 5 nitrogen and oxygen atoms in total. The highest BCUT2D eigenvalue weighted by atomic mass is 19.1. The summed E-state index contributed by atoms with van der Waals surface area (Å²) in [7, 11) is 0. The summed E-state index contributed by atoms with van der Waals surface area (Å²) in [4.78, 5) is 25.8. The van der Waals surface area contributed by atoms with Gasteiger partial charge in [-0.15, -0.1) is 0 Å². The second kappa shape index (κ2) is 6.66. The summed E-state index contributed by atoms with van der Waals surface area (Å²) in [5, 5.41) is 11.8. The lowest BCUT2D eigenvalue weighted by Crippen LogP contribution is -2.44. The average molecular weight is 320 g/mol. The Balaban J connectivity index is 1.88. The van der Waals surface area contributed by atoms with Gasteiger partial charge in [-0.05, 0) is 49.8 Å². The average Bonchev–Trinajstić information content (AvgIpc) is 2.54. The minimum absolute atomic E-state index is 0.0210. The highest BCUT2D eigenvalue weighted by Gasteiger charge is 2.29. The first-order valence-electron chi connectivity index (χ1n) is 8.14. The Labute approximate surface area is 134 Å². The zero-order valence-corrected chi connectivity index (χ0v) is 13.0. The topological polar surface area (TPSA) is 69.6 Å². The van der Waals surface area contributed by atoms with Crippen molar-refractivity contribution in [2.45, 2.75) is 44.6 Å². The summed E-state index contributed by atoms with van der Waals surface area (Å²) in [6, 6.07) is 2.78. The lowest BCUT2D eigenvalue weighted by atomic mass is 9.96. The molecule has 0 bridgehead atoms. The molecule has 0 aliphatic carbocycles. The van der Waals surface area contributed by atoms with Crippen LogP contribution in [0.1, 0.15) is 48.0 Å². The number of likely N-dealkylation sites (tertiary alicyclic amines) is 1. The molecule has 1 aromatic rings. The quantitative estimate of drug-likeness (QED) is 0.896. The predicted molar refractivity (Wildman–Crippen MR) is 83.7 cm³/mol. The molecule has 2 heterocycles. The summed E-state index contributed by atoms with van der Waals surface area (Å²) in [6.07, 6.45) is 4.15. The van der Waals surface area contributed by atoms with Crippen molar-refractivity contribution >= 4 is 17.5 Å². The number of carbonyl (C=O) groups is 2. The Morgan fingerprint density at radius 2 is 2.17 bits per heavy atom. The van der Waals surface area contributed by atoms with Gasteiger partial charge in [-0.3, -0.25) is 9.59 Å². The highest BCUT2D eigenvalue weighted by Crippen LogP contribution is 2.28. The SMILES string of the molecule is O=C1CCc2cc(C(=O)N3CCCCC3CCO)c(F)cc2N1. The molecule has 0 saturated carbocycles. The Kier molecular flexibility index (Phi) is 4.61. The van der Waals surface area contributed by atoms with Crippen molar-refractivity contribution in [1.29, 1.82) is 0 Å². The van der Waals surface area contributed by atoms with Crippen molar-refractivity contribution in [3.63, 3.8) is 0 Å². The molecule has 2 N–H and O–H groups in total. The van der Waals surface area contributed by atoms with Gasteiger partial charge in [0.1, 0.15) is 5.82 Å². The largest absolute Gasteiger partial charge is 0.396 e. The first-order valence-corrected chi connectivity index (χ1v) is 8.14. The molecule has 0 aromatic heterocycles. The number of aliphatic hydroxyl groups excluding tert-OH is 1. The van der Waals surface area contributed by atoms with Gasteiger partial charge in [0, 0.05) is 31.3 Å². The molecule has 23 heavy (non-hydrogen) atoms. The fourth-order valence-electron chi connectivity index (χ4n) is 3.44. The first kappa shape index (κ1) is 15.9. The smallest absolute Gasteiger partial charge is 0.257 e. The Morgan fingerprint density at radius 1 is 1.35 bits per heavy atom. The monoisotopic (exact) mass is 320 g/mol. The number of fused-ring (bicyclic) bond motifs is 1. The zero-order valence-electron chi connectivity index (χ0n) is 13.0. The van der Waals surface area contributed by atoms with E-state index in [4.69, 9.17) is 0 Å². The van der Waals surface area contributed by atoms with Crippen molar-refractivity contribution in [1.82, 2.24) is 4.90 Å². The van der Waals surface area contributed by atoms with E-state index in [9.17, 15) is 19.1 Å². The van der Waals surface area contributed by atoms with E-state index in [0.29, 0.717) is 31.5 Å². The van der Waals surface area contributed by atoms with Gasteiger partial charge in [-0.25, -0.2) is 4.39 Å². The Bertz CT molecular complexity index is 631. The number of hydrogen-bond acceptors (Lipinski definition) is 3. The number of halogens is 1. The molecular weight excluding hydrogens is 299 g/mol. The van der Waals surface area contributed by atoms with Crippen LogP contribution in [0.2, 0.25) is 0 Å². The van der Waals surface area contributed by atoms with Crippen molar-refractivity contribution in [3.8, 4) is 0 Å². The minimum Gasteiger partial charge on any atom is -0.396 e. The van der Waals surface area contributed by atoms with Crippen LogP contribution >= 0.6 is 0 Å².